The van der Waals surface area contributed by atoms with E-state index in [0.29, 0.717) is 11.5 Å². The Morgan fingerprint density at radius 1 is 1.32 bits per heavy atom. The van der Waals surface area contributed by atoms with Crippen molar-refractivity contribution in [2.45, 2.75) is 18.8 Å². The van der Waals surface area contributed by atoms with Gasteiger partial charge in [-0.15, -0.1) is 0 Å². The first-order chi connectivity index (χ1) is 9.29. The normalized spacial score (nSPS) is 16.7. The first-order valence-corrected chi connectivity index (χ1v) is 6.69. The third kappa shape index (κ3) is 2.24. The van der Waals surface area contributed by atoms with Gasteiger partial charge in [0.05, 0.1) is 12.7 Å². The van der Waals surface area contributed by atoms with Crippen LogP contribution in [0.5, 0.6) is 0 Å². The van der Waals surface area contributed by atoms with Gasteiger partial charge in [-0.2, -0.15) is 0 Å². The molecule has 0 saturated carbocycles. The van der Waals surface area contributed by atoms with E-state index in [1.165, 1.54) is 30.9 Å². The molecular weight excluding hydrogens is 240 g/mol. The number of hydrogen-bond acceptors (Lipinski definition) is 3. The number of piperidine rings is 1. The van der Waals surface area contributed by atoms with E-state index in [4.69, 9.17) is 4.74 Å². The number of ether oxygens (including phenoxy) is 1. The summed E-state index contributed by atoms with van der Waals surface area (Å²) in [6.45, 7) is 2.16. The maximum atomic E-state index is 11.5. The smallest absolute Gasteiger partial charge is 0.337 e. The number of nitrogens with one attached hydrogen (secondary N) is 2. The lowest BCUT2D eigenvalue weighted by atomic mass is 9.90. The maximum Gasteiger partial charge on any atom is 0.337 e. The van der Waals surface area contributed by atoms with Gasteiger partial charge in [-0.05, 0) is 49.5 Å². The fourth-order valence-electron chi connectivity index (χ4n) is 2.86. The summed E-state index contributed by atoms with van der Waals surface area (Å²) in [5, 5.41) is 4.61. The minimum Gasteiger partial charge on any atom is -0.465 e. The molecular formula is C15H18N2O2. The molecule has 4 nitrogen and oxygen atoms in total. The number of fused-ring (bicyclic) bond motifs is 1. The first-order valence-electron chi connectivity index (χ1n) is 6.69. The predicted octanol–water partition coefficient (Wildman–Crippen LogP) is 2.42. The number of methoxy groups -OCH3 is 1. The second-order valence-electron chi connectivity index (χ2n) is 5.02. The number of esters is 1. The van der Waals surface area contributed by atoms with Crippen LogP contribution >= 0.6 is 0 Å². The molecule has 0 atom stereocenters. The number of benzene rings is 1. The van der Waals surface area contributed by atoms with Crippen molar-refractivity contribution in [2.24, 2.45) is 0 Å². The standard InChI is InChI=1S/C15H18N2O2/c1-19-15(18)11-2-3-12-13(9-17-14(12)8-11)10-4-6-16-7-5-10/h2-3,8-10,16-17H,4-7H2,1H3. The van der Waals surface area contributed by atoms with Crippen LogP contribution in [-0.2, 0) is 4.74 Å². The maximum absolute atomic E-state index is 11.5. The molecule has 2 heterocycles. The third-order valence-electron chi connectivity index (χ3n) is 3.91. The molecule has 4 heteroatoms. The fraction of sp³-hybridized carbons (Fsp3) is 0.400. The number of carbonyl (C=O) groups is 1. The SMILES string of the molecule is COC(=O)c1ccc2c(C3CCNCC3)c[nH]c2c1. The average molecular weight is 258 g/mol. The molecule has 3 rings (SSSR count). The van der Waals surface area contributed by atoms with Crippen molar-refractivity contribution in [3.8, 4) is 0 Å². The Balaban J connectivity index is 1.97. The van der Waals surface area contributed by atoms with E-state index < -0.39 is 0 Å². The van der Waals surface area contributed by atoms with Crippen LogP contribution in [0.2, 0.25) is 0 Å². The van der Waals surface area contributed by atoms with Gasteiger partial charge >= 0.3 is 5.97 Å². The van der Waals surface area contributed by atoms with Crippen LogP contribution < -0.4 is 5.32 Å². The molecule has 1 aliphatic heterocycles. The van der Waals surface area contributed by atoms with Gasteiger partial charge in [-0.3, -0.25) is 0 Å². The monoisotopic (exact) mass is 258 g/mol. The Bertz CT molecular complexity index is 597. The van der Waals surface area contributed by atoms with Gasteiger partial charge in [0.15, 0.2) is 0 Å². The van der Waals surface area contributed by atoms with Gasteiger partial charge in [-0.25, -0.2) is 4.79 Å². The van der Waals surface area contributed by atoms with Crippen molar-refractivity contribution in [3.63, 3.8) is 0 Å². The average Bonchev–Trinajstić information content (AvgIpc) is 2.90. The van der Waals surface area contributed by atoms with E-state index in [9.17, 15) is 4.79 Å². The van der Waals surface area contributed by atoms with Crippen LogP contribution in [0.25, 0.3) is 10.9 Å². The van der Waals surface area contributed by atoms with Crippen LogP contribution in [0.15, 0.2) is 24.4 Å². The summed E-state index contributed by atoms with van der Waals surface area (Å²) in [6.07, 6.45) is 4.43. The van der Waals surface area contributed by atoms with Crippen LogP contribution in [0.3, 0.4) is 0 Å². The summed E-state index contributed by atoms with van der Waals surface area (Å²) in [5.41, 5.74) is 2.97. The molecule has 1 aromatic carbocycles. The van der Waals surface area contributed by atoms with Gasteiger partial charge in [0.25, 0.3) is 0 Å². The van der Waals surface area contributed by atoms with Crippen molar-refractivity contribution < 1.29 is 9.53 Å². The highest BCUT2D eigenvalue weighted by Gasteiger charge is 2.19. The Hall–Kier alpha value is -1.81. The number of H-pyrrole nitrogens is 1. The molecule has 1 fully saturated rings. The number of carbonyl (C=O) groups excluding carboxylic acids is 1. The van der Waals surface area contributed by atoms with Crippen molar-refractivity contribution in [1.82, 2.24) is 10.3 Å². The molecule has 0 unspecified atom stereocenters. The van der Waals surface area contributed by atoms with Crippen molar-refractivity contribution in [1.29, 1.82) is 0 Å². The van der Waals surface area contributed by atoms with Gasteiger partial charge < -0.3 is 15.0 Å². The van der Waals surface area contributed by atoms with Crippen LogP contribution in [0, 0.1) is 0 Å². The van der Waals surface area contributed by atoms with Gasteiger partial charge in [0.1, 0.15) is 0 Å². The molecule has 0 bridgehead atoms. The number of aromatic amines is 1. The lowest BCUT2D eigenvalue weighted by molar-refractivity contribution is 0.0601. The summed E-state index contributed by atoms with van der Waals surface area (Å²) >= 11 is 0. The molecule has 1 aromatic heterocycles. The fourth-order valence-corrected chi connectivity index (χ4v) is 2.86. The zero-order valence-electron chi connectivity index (χ0n) is 11.0. The zero-order valence-corrected chi connectivity index (χ0v) is 11.0. The Morgan fingerprint density at radius 3 is 2.84 bits per heavy atom. The molecule has 1 aliphatic rings. The largest absolute Gasteiger partial charge is 0.465 e. The quantitative estimate of drug-likeness (QED) is 0.813. The second kappa shape index (κ2) is 5.05. The Kier molecular flexibility index (Phi) is 3.25. The summed E-state index contributed by atoms with van der Waals surface area (Å²) in [7, 11) is 1.40. The first kappa shape index (κ1) is 12.2. The summed E-state index contributed by atoms with van der Waals surface area (Å²) in [4.78, 5) is 14.8. The van der Waals surface area contributed by atoms with Crippen LogP contribution in [0.4, 0.5) is 0 Å². The summed E-state index contributed by atoms with van der Waals surface area (Å²) in [5.74, 6) is 0.318. The minimum atomic E-state index is -0.292. The number of hydrogen-bond donors (Lipinski definition) is 2. The highest BCUT2D eigenvalue weighted by atomic mass is 16.5. The van der Waals surface area contributed by atoms with Gasteiger partial charge in [0.2, 0.25) is 0 Å². The topological polar surface area (TPSA) is 54.1 Å². The molecule has 1 saturated heterocycles. The molecule has 0 aliphatic carbocycles. The van der Waals surface area contributed by atoms with Crippen LogP contribution in [0.1, 0.15) is 34.7 Å². The number of rotatable bonds is 2. The Labute approximate surface area is 112 Å². The zero-order chi connectivity index (χ0) is 13.2. The van der Waals surface area contributed by atoms with Crippen molar-refractivity contribution >= 4 is 16.9 Å². The molecule has 2 aromatic rings. The third-order valence-corrected chi connectivity index (χ3v) is 3.91. The summed E-state index contributed by atoms with van der Waals surface area (Å²) in [6, 6.07) is 5.73. The minimum absolute atomic E-state index is 0.292. The highest BCUT2D eigenvalue weighted by Crippen LogP contribution is 2.31. The van der Waals surface area contributed by atoms with Crippen molar-refractivity contribution in [2.75, 3.05) is 20.2 Å². The molecule has 0 spiro atoms. The van der Waals surface area contributed by atoms with Crippen molar-refractivity contribution in [3.05, 3.63) is 35.5 Å². The van der Waals surface area contributed by atoms with E-state index in [1.54, 1.807) is 0 Å². The van der Waals surface area contributed by atoms with E-state index in [0.717, 1.165) is 18.6 Å². The molecule has 0 amide bonds. The Morgan fingerprint density at radius 2 is 2.11 bits per heavy atom. The van der Waals surface area contributed by atoms with Gasteiger partial charge in [0, 0.05) is 17.1 Å². The van der Waals surface area contributed by atoms with E-state index >= 15 is 0 Å². The van der Waals surface area contributed by atoms with Crippen LogP contribution in [-0.4, -0.2) is 31.2 Å². The predicted molar refractivity (Wildman–Crippen MR) is 74.5 cm³/mol. The van der Waals surface area contributed by atoms with E-state index in [-0.39, 0.29) is 5.97 Å². The molecule has 19 heavy (non-hydrogen) atoms. The summed E-state index contributed by atoms with van der Waals surface area (Å²) < 4.78 is 4.75. The highest BCUT2D eigenvalue weighted by molar-refractivity contribution is 5.95. The second-order valence-corrected chi connectivity index (χ2v) is 5.02. The molecule has 2 N–H and O–H groups in total. The van der Waals surface area contributed by atoms with E-state index in [2.05, 4.69) is 16.5 Å². The molecule has 100 valence electrons. The molecule has 0 radical (unpaired) electrons. The lowest BCUT2D eigenvalue weighted by Crippen LogP contribution is -2.26. The van der Waals surface area contributed by atoms with Gasteiger partial charge in [-0.1, -0.05) is 6.07 Å². The number of aromatic nitrogens is 1. The lowest BCUT2D eigenvalue weighted by Gasteiger charge is -2.22. The van der Waals surface area contributed by atoms with E-state index in [1.807, 2.05) is 18.2 Å².